The topological polar surface area (TPSA) is 66.4 Å². The summed E-state index contributed by atoms with van der Waals surface area (Å²) in [7, 11) is 0. The molecule has 4 heteroatoms. The van der Waals surface area contributed by atoms with Crippen LogP contribution < -0.4 is 5.32 Å². The van der Waals surface area contributed by atoms with E-state index in [1.807, 2.05) is 44.2 Å². The van der Waals surface area contributed by atoms with Gasteiger partial charge in [-0.3, -0.25) is 9.59 Å². The first-order chi connectivity index (χ1) is 9.89. The van der Waals surface area contributed by atoms with Crippen LogP contribution >= 0.6 is 0 Å². The minimum absolute atomic E-state index is 0.0467. The Kier molecular flexibility index (Phi) is 4.35. The molecular formula is C17H23NO3. The van der Waals surface area contributed by atoms with Crippen LogP contribution in [0.2, 0.25) is 0 Å². The van der Waals surface area contributed by atoms with Crippen LogP contribution in [0.15, 0.2) is 30.3 Å². The highest BCUT2D eigenvalue weighted by Crippen LogP contribution is 2.58. The number of carbonyl (C=O) groups is 2. The van der Waals surface area contributed by atoms with Crippen LogP contribution in [-0.2, 0) is 9.59 Å². The molecule has 0 aromatic heterocycles. The van der Waals surface area contributed by atoms with Crippen molar-refractivity contribution in [2.24, 2.45) is 17.3 Å². The van der Waals surface area contributed by atoms with E-state index in [-0.39, 0.29) is 11.9 Å². The third kappa shape index (κ3) is 3.09. The van der Waals surface area contributed by atoms with Crippen molar-refractivity contribution < 1.29 is 14.7 Å². The van der Waals surface area contributed by atoms with Gasteiger partial charge in [-0.2, -0.15) is 0 Å². The predicted octanol–water partition coefficient (Wildman–Crippen LogP) is 3.00. The summed E-state index contributed by atoms with van der Waals surface area (Å²) in [6.45, 7) is 5.75. The molecule has 0 bridgehead atoms. The van der Waals surface area contributed by atoms with Gasteiger partial charge in [0.15, 0.2) is 0 Å². The highest BCUT2D eigenvalue weighted by molar-refractivity contribution is 5.91. The van der Waals surface area contributed by atoms with Crippen LogP contribution in [-0.4, -0.2) is 17.0 Å². The highest BCUT2D eigenvalue weighted by atomic mass is 16.4. The van der Waals surface area contributed by atoms with Crippen molar-refractivity contribution in [3.8, 4) is 0 Å². The standard InChI is InChI=1S/C17H23NO3/c1-4-8-12(11-9-6-5-7-10-11)18-15(19)13-14(16(20)21)17(13,2)3/h5-7,9-10,12-14H,4,8H2,1-3H3,(H,18,19)(H,20,21)/t12?,13-,14+/m1/s1. The number of nitrogens with one attached hydrogen (secondary N) is 1. The Bertz CT molecular complexity index is 524. The van der Waals surface area contributed by atoms with Crippen molar-refractivity contribution in [3.05, 3.63) is 35.9 Å². The first-order valence-corrected chi connectivity index (χ1v) is 7.47. The first-order valence-electron chi connectivity index (χ1n) is 7.47. The Morgan fingerprint density at radius 3 is 2.33 bits per heavy atom. The summed E-state index contributed by atoms with van der Waals surface area (Å²) in [6, 6.07) is 9.78. The molecule has 0 saturated heterocycles. The summed E-state index contributed by atoms with van der Waals surface area (Å²) < 4.78 is 0. The molecule has 1 saturated carbocycles. The van der Waals surface area contributed by atoms with Crippen molar-refractivity contribution in [3.63, 3.8) is 0 Å². The summed E-state index contributed by atoms with van der Waals surface area (Å²) in [5.41, 5.74) is 0.613. The van der Waals surface area contributed by atoms with Crippen LogP contribution in [0.4, 0.5) is 0 Å². The van der Waals surface area contributed by atoms with Gasteiger partial charge in [0.1, 0.15) is 0 Å². The second-order valence-electron chi connectivity index (χ2n) is 6.38. The van der Waals surface area contributed by atoms with E-state index in [1.54, 1.807) is 0 Å². The minimum atomic E-state index is -0.882. The van der Waals surface area contributed by atoms with E-state index in [4.69, 9.17) is 0 Å². The van der Waals surface area contributed by atoms with Gasteiger partial charge in [-0.15, -0.1) is 0 Å². The molecule has 0 heterocycles. The van der Waals surface area contributed by atoms with Gasteiger partial charge in [-0.25, -0.2) is 0 Å². The van der Waals surface area contributed by atoms with Crippen molar-refractivity contribution >= 4 is 11.9 Å². The summed E-state index contributed by atoms with van der Waals surface area (Å²) in [6.07, 6.45) is 1.80. The van der Waals surface area contributed by atoms with Gasteiger partial charge in [0, 0.05) is 0 Å². The normalized spacial score (nSPS) is 24.1. The van der Waals surface area contributed by atoms with E-state index in [0.29, 0.717) is 0 Å². The van der Waals surface area contributed by atoms with Crippen molar-refractivity contribution in [2.45, 2.75) is 39.7 Å². The quantitative estimate of drug-likeness (QED) is 0.846. The molecule has 21 heavy (non-hydrogen) atoms. The molecule has 2 rings (SSSR count). The zero-order chi connectivity index (χ0) is 15.6. The van der Waals surface area contributed by atoms with E-state index < -0.39 is 23.2 Å². The Labute approximate surface area is 125 Å². The number of amides is 1. The minimum Gasteiger partial charge on any atom is -0.481 e. The lowest BCUT2D eigenvalue weighted by Gasteiger charge is -2.19. The maximum Gasteiger partial charge on any atom is 0.307 e. The maximum atomic E-state index is 12.4. The lowest BCUT2D eigenvalue weighted by atomic mass is 10.0. The van der Waals surface area contributed by atoms with Crippen LogP contribution in [0.1, 0.15) is 45.2 Å². The average molecular weight is 289 g/mol. The molecule has 1 unspecified atom stereocenters. The molecule has 0 radical (unpaired) electrons. The molecule has 1 aromatic rings. The molecule has 4 nitrogen and oxygen atoms in total. The molecule has 3 atom stereocenters. The fraction of sp³-hybridized carbons (Fsp3) is 0.529. The van der Waals surface area contributed by atoms with Crippen LogP contribution in [0.3, 0.4) is 0 Å². The molecule has 1 aliphatic rings. The number of aliphatic carboxylic acids is 1. The number of hydrogen-bond donors (Lipinski definition) is 2. The van der Waals surface area contributed by atoms with Gasteiger partial charge in [0.2, 0.25) is 5.91 Å². The number of hydrogen-bond acceptors (Lipinski definition) is 2. The summed E-state index contributed by atoms with van der Waals surface area (Å²) in [5.74, 6) is -2.03. The number of rotatable bonds is 6. The van der Waals surface area contributed by atoms with Gasteiger partial charge in [0.25, 0.3) is 0 Å². The second kappa shape index (κ2) is 5.88. The van der Waals surface area contributed by atoms with Gasteiger partial charge in [-0.05, 0) is 17.4 Å². The van der Waals surface area contributed by atoms with E-state index in [0.717, 1.165) is 18.4 Å². The molecule has 1 fully saturated rings. The van der Waals surface area contributed by atoms with E-state index in [1.165, 1.54) is 0 Å². The molecule has 1 aromatic carbocycles. The van der Waals surface area contributed by atoms with Gasteiger partial charge >= 0.3 is 5.97 Å². The summed E-state index contributed by atoms with van der Waals surface area (Å²) >= 11 is 0. The molecule has 1 amide bonds. The fourth-order valence-electron chi connectivity index (χ4n) is 3.15. The third-order valence-electron chi connectivity index (χ3n) is 4.47. The lowest BCUT2D eigenvalue weighted by molar-refractivity contribution is -0.140. The van der Waals surface area contributed by atoms with E-state index in [9.17, 15) is 14.7 Å². The molecular weight excluding hydrogens is 266 g/mol. The summed E-state index contributed by atoms with van der Waals surface area (Å²) in [5, 5.41) is 12.2. The number of carbonyl (C=O) groups excluding carboxylic acids is 1. The number of benzene rings is 1. The van der Waals surface area contributed by atoms with Crippen molar-refractivity contribution in [1.29, 1.82) is 0 Å². The van der Waals surface area contributed by atoms with Gasteiger partial charge in [-0.1, -0.05) is 57.5 Å². The second-order valence-corrected chi connectivity index (χ2v) is 6.38. The van der Waals surface area contributed by atoms with E-state index in [2.05, 4.69) is 12.2 Å². The van der Waals surface area contributed by atoms with Crippen molar-refractivity contribution in [2.75, 3.05) is 0 Å². The average Bonchev–Trinajstić information content (AvgIpc) is 3.02. The maximum absolute atomic E-state index is 12.4. The Hall–Kier alpha value is -1.84. The van der Waals surface area contributed by atoms with Crippen LogP contribution in [0, 0.1) is 17.3 Å². The predicted molar refractivity (Wildman–Crippen MR) is 80.6 cm³/mol. The Morgan fingerprint density at radius 1 is 1.24 bits per heavy atom. The first kappa shape index (κ1) is 15.5. The number of carboxylic acid groups (broad SMARTS) is 1. The molecule has 1 aliphatic carbocycles. The summed E-state index contributed by atoms with van der Waals surface area (Å²) in [4.78, 5) is 23.6. The SMILES string of the molecule is CCCC(NC(=O)[C@H]1[C@@H](C(=O)O)C1(C)C)c1ccccc1. The highest BCUT2D eigenvalue weighted by Gasteiger charge is 2.65. The molecule has 2 N–H and O–H groups in total. The Balaban J connectivity index is 2.08. The van der Waals surface area contributed by atoms with Gasteiger partial charge in [0.05, 0.1) is 17.9 Å². The zero-order valence-corrected chi connectivity index (χ0v) is 12.8. The monoisotopic (exact) mass is 289 g/mol. The smallest absolute Gasteiger partial charge is 0.307 e. The van der Waals surface area contributed by atoms with Crippen molar-refractivity contribution in [1.82, 2.24) is 5.32 Å². The zero-order valence-electron chi connectivity index (χ0n) is 12.8. The van der Waals surface area contributed by atoms with E-state index >= 15 is 0 Å². The van der Waals surface area contributed by atoms with Crippen LogP contribution in [0.5, 0.6) is 0 Å². The third-order valence-corrected chi connectivity index (χ3v) is 4.47. The fourth-order valence-corrected chi connectivity index (χ4v) is 3.15. The molecule has 0 spiro atoms. The molecule has 114 valence electrons. The number of carboxylic acids is 1. The largest absolute Gasteiger partial charge is 0.481 e. The lowest BCUT2D eigenvalue weighted by Crippen LogP contribution is -2.31. The van der Waals surface area contributed by atoms with Gasteiger partial charge < -0.3 is 10.4 Å². The Morgan fingerprint density at radius 2 is 1.86 bits per heavy atom. The molecule has 0 aliphatic heterocycles. The van der Waals surface area contributed by atoms with Crippen LogP contribution in [0.25, 0.3) is 0 Å².